The second-order valence-electron chi connectivity index (χ2n) is 6.34. The van der Waals surface area contributed by atoms with Gasteiger partial charge in [-0.25, -0.2) is 0 Å². The van der Waals surface area contributed by atoms with Crippen molar-refractivity contribution >= 4 is 17.6 Å². The minimum absolute atomic E-state index is 0.0179. The Bertz CT molecular complexity index is 723. The molecule has 2 heterocycles. The lowest BCUT2D eigenvalue weighted by Crippen LogP contribution is -2.64. The highest BCUT2D eigenvalue weighted by Gasteiger charge is 2.57. The van der Waals surface area contributed by atoms with Crippen molar-refractivity contribution in [3.63, 3.8) is 0 Å². The molecule has 0 aromatic heterocycles. The Balaban J connectivity index is 2.05. The van der Waals surface area contributed by atoms with Crippen LogP contribution in [0.4, 0.5) is 5.69 Å². The third-order valence-electron chi connectivity index (χ3n) is 4.71. The molecule has 10 heteroatoms. The number of amides is 1. The van der Waals surface area contributed by atoms with Crippen LogP contribution in [-0.2, 0) is 19.9 Å². The van der Waals surface area contributed by atoms with E-state index in [-0.39, 0.29) is 11.3 Å². The number of rotatable bonds is 4. The molecule has 26 heavy (non-hydrogen) atoms. The maximum atomic E-state index is 12.9. The van der Waals surface area contributed by atoms with Crippen LogP contribution in [0.3, 0.4) is 0 Å². The molecular weight excluding hydrogens is 350 g/mol. The Hall–Kier alpha value is -2.08. The van der Waals surface area contributed by atoms with Gasteiger partial charge in [-0.15, -0.1) is 0 Å². The van der Waals surface area contributed by atoms with Crippen LogP contribution in [0.2, 0.25) is 0 Å². The van der Waals surface area contributed by atoms with Gasteiger partial charge < -0.3 is 35.4 Å². The molecule has 1 amide bonds. The fraction of sp³-hybridized carbons (Fsp3) is 0.500. The largest absolute Gasteiger partial charge is 0.481 e. The topological polar surface area (TPSA) is 168 Å². The molecule has 10 nitrogen and oxygen atoms in total. The molecule has 0 bridgehead atoms. The number of nitrogens with zero attached hydrogens (tertiary/aromatic N) is 1. The zero-order chi connectivity index (χ0) is 19.2. The van der Waals surface area contributed by atoms with Crippen LogP contribution in [0.1, 0.15) is 12.0 Å². The molecule has 6 N–H and O–H groups in total. The summed E-state index contributed by atoms with van der Waals surface area (Å²) in [6.45, 7) is -0.690. The predicted octanol–water partition coefficient (Wildman–Crippen LogP) is -2.50. The number of carboxylic acid groups (broad SMARTS) is 1. The highest BCUT2D eigenvalue weighted by molar-refractivity contribution is 6.08. The van der Waals surface area contributed by atoms with E-state index in [1.54, 1.807) is 0 Å². The summed E-state index contributed by atoms with van der Waals surface area (Å²) in [4.78, 5) is 24.8. The van der Waals surface area contributed by atoms with Gasteiger partial charge in [0.25, 0.3) is 5.91 Å². The number of ether oxygens (including phenoxy) is 1. The highest BCUT2D eigenvalue weighted by atomic mass is 16.6. The molecule has 2 aliphatic rings. The summed E-state index contributed by atoms with van der Waals surface area (Å²) in [5.74, 6) is -2.46. The van der Waals surface area contributed by atoms with E-state index in [9.17, 15) is 35.1 Å². The molecule has 0 radical (unpaired) electrons. The van der Waals surface area contributed by atoms with E-state index < -0.39 is 61.1 Å². The molecule has 1 saturated heterocycles. The van der Waals surface area contributed by atoms with Crippen LogP contribution < -0.4 is 4.90 Å². The van der Waals surface area contributed by atoms with Gasteiger partial charge in [0.1, 0.15) is 24.4 Å². The molecule has 3 rings (SSSR count). The van der Waals surface area contributed by atoms with E-state index in [0.717, 1.165) is 4.90 Å². The summed E-state index contributed by atoms with van der Waals surface area (Å²) in [6.07, 6.45) is -8.79. The first-order chi connectivity index (χ1) is 12.2. The Morgan fingerprint density at radius 2 is 1.81 bits per heavy atom. The lowest BCUT2D eigenvalue weighted by molar-refractivity contribution is -0.229. The SMILES string of the molecule is O=C(O)C[C@@]1(O)C(=O)N([C@@H]2O[C@H](CO)[C@@H](O)[C@H](O)[C@H]2O)c2ccccc21. The predicted molar refractivity (Wildman–Crippen MR) is 83.8 cm³/mol. The van der Waals surface area contributed by atoms with Gasteiger partial charge in [0.15, 0.2) is 11.8 Å². The minimum Gasteiger partial charge on any atom is -0.481 e. The van der Waals surface area contributed by atoms with Crippen LogP contribution in [0.25, 0.3) is 0 Å². The smallest absolute Gasteiger partial charge is 0.307 e. The molecule has 6 atom stereocenters. The monoisotopic (exact) mass is 369 g/mol. The molecule has 0 unspecified atom stereocenters. The number of carbonyl (C=O) groups excluding carboxylic acids is 1. The number of aliphatic hydroxyl groups excluding tert-OH is 4. The standard InChI is InChI=1S/C16H19NO9/c18-6-9-11(21)12(22)13(23)14(26-9)17-8-4-2-1-3-7(8)16(25,15(17)24)5-10(19)20/h1-4,9,11-14,18,21-23,25H,5-6H2,(H,19,20)/t9-,11-,12+,13-,14-,16+/m1/s1. The number of para-hydroxylation sites is 1. The van der Waals surface area contributed by atoms with Crippen molar-refractivity contribution in [3.8, 4) is 0 Å². The van der Waals surface area contributed by atoms with E-state index in [2.05, 4.69) is 0 Å². The van der Waals surface area contributed by atoms with Gasteiger partial charge in [-0.1, -0.05) is 18.2 Å². The Kier molecular flexibility index (Phi) is 4.73. The van der Waals surface area contributed by atoms with Crippen molar-refractivity contribution in [2.45, 2.75) is 42.7 Å². The number of benzene rings is 1. The van der Waals surface area contributed by atoms with Gasteiger partial charge in [-0.05, 0) is 6.07 Å². The first-order valence-electron chi connectivity index (χ1n) is 7.90. The van der Waals surface area contributed by atoms with E-state index in [4.69, 9.17) is 9.84 Å². The summed E-state index contributed by atoms with van der Waals surface area (Å²) in [5, 5.41) is 59.2. The molecule has 142 valence electrons. The number of aliphatic carboxylic acids is 1. The number of carbonyl (C=O) groups is 2. The number of hydrogen-bond acceptors (Lipinski definition) is 8. The molecule has 1 aromatic carbocycles. The molecule has 1 aromatic rings. The summed E-state index contributed by atoms with van der Waals surface area (Å²) in [6, 6.07) is 5.85. The second kappa shape index (κ2) is 6.58. The Labute approximate surface area is 147 Å². The van der Waals surface area contributed by atoms with Crippen molar-refractivity contribution in [1.82, 2.24) is 0 Å². The van der Waals surface area contributed by atoms with E-state index in [1.165, 1.54) is 24.3 Å². The molecule has 2 aliphatic heterocycles. The molecule has 0 saturated carbocycles. The van der Waals surface area contributed by atoms with Gasteiger partial charge in [-0.3, -0.25) is 14.5 Å². The summed E-state index contributed by atoms with van der Waals surface area (Å²) >= 11 is 0. The number of hydrogen-bond donors (Lipinski definition) is 6. The zero-order valence-corrected chi connectivity index (χ0v) is 13.5. The number of aliphatic hydroxyl groups is 5. The number of anilines is 1. The van der Waals surface area contributed by atoms with Crippen LogP contribution in [-0.4, -0.2) is 79.8 Å². The van der Waals surface area contributed by atoms with Gasteiger partial charge in [0.2, 0.25) is 0 Å². The third kappa shape index (κ3) is 2.67. The fourth-order valence-corrected chi connectivity index (χ4v) is 3.39. The summed E-state index contributed by atoms with van der Waals surface area (Å²) < 4.78 is 5.38. The Morgan fingerprint density at radius 1 is 1.15 bits per heavy atom. The van der Waals surface area contributed by atoms with Crippen LogP contribution in [0.15, 0.2) is 24.3 Å². The maximum Gasteiger partial charge on any atom is 0.307 e. The summed E-state index contributed by atoms with van der Waals surface area (Å²) in [7, 11) is 0. The molecular formula is C16H19NO9. The van der Waals surface area contributed by atoms with Crippen molar-refractivity contribution in [2.24, 2.45) is 0 Å². The molecule has 1 fully saturated rings. The minimum atomic E-state index is -2.37. The van der Waals surface area contributed by atoms with Crippen LogP contribution in [0, 0.1) is 0 Å². The van der Waals surface area contributed by atoms with Gasteiger partial charge in [0.05, 0.1) is 18.7 Å². The lowest BCUT2D eigenvalue weighted by atomic mass is 9.92. The van der Waals surface area contributed by atoms with E-state index in [0.29, 0.717) is 0 Å². The molecule has 0 aliphatic carbocycles. The van der Waals surface area contributed by atoms with Gasteiger partial charge in [0, 0.05) is 5.56 Å². The van der Waals surface area contributed by atoms with Crippen LogP contribution in [0.5, 0.6) is 0 Å². The van der Waals surface area contributed by atoms with E-state index in [1.807, 2.05) is 0 Å². The van der Waals surface area contributed by atoms with Crippen molar-refractivity contribution in [1.29, 1.82) is 0 Å². The average molecular weight is 369 g/mol. The fourth-order valence-electron chi connectivity index (χ4n) is 3.39. The van der Waals surface area contributed by atoms with Crippen LogP contribution >= 0.6 is 0 Å². The number of carboxylic acids is 1. The van der Waals surface area contributed by atoms with Crippen molar-refractivity contribution in [2.75, 3.05) is 11.5 Å². The zero-order valence-electron chi connectivity index (χ0n) is 13.5. The summed E-state index contributed by atoms with van der Waals surface area (Å²) in [5.41, 5.74) is -2.25. The second-order valence-corrected chi connectivity index (χ2v) is 6.34. The average Bonchev–Trinajstić information content (AvgIpc) is 2.81. The van der Waals surface area contributed by atoms with E-state index >= 15 is 0 Å². The van der Waals surface area contributed by atoms with Gasteiger partial charge in [-0.2, -0.15) is 0 Å². The Morgan fingerprint density at radius 3 is 2.42 bits per heavy atom. The van der Waals surface area contributed by atoms with Crippen molar-refractivity contribution in [3.05, 3.63) is 29.8 Å². The number of fused-ring (bicyclic) bond motifs is 1. The highest BCUT2D eigenvalue weighted by Crippen LogP contribution is 2.44. The normalized spacial score (nSPS) is 36.9. The first kappa shape index (κ1) is 18.7. The van der Waals surface area contributed by atoms with Gasteiger partial charge >= 0.3 is 5.97 Å². The first-order valence-corrected chi connectivity index (χ1v) is 7.90. The lowest BCUT2D eigenvalue weighted by Gasteiger charge is -2.43. The maximum absolute atomic E-state index is 12.9. The quantitative estimate of drug-likeness (QED) is 0.336. The van der Waals surface area contributed by atoms with Crippen molar-refractivity contribution < 1.29 is 45.0 Å². The molecule has 0 spiro atoms. The third-order valence-corrected chi connectivity index (χ3v) is 4.71.